The first-order chi connectivity index (χ1) is 12.8. The van der Waals surface area contributed by atoms with Gasteiger partial charge in [-0.05, 0) is 24.3 Å². The topological polar surface area (TPSA) is 81.9 Å². The molecule has 4 rings (SSSR count). The molecule has 130 valence electrons. The second-order valence-electron chi connectivity index (χ2n) is 5.52. The fraction of sp³-hybridized carbons (Fsp3) is 0.111. The molecule has 4 aromatic rings. The highest BCUT2D eigenvalue weighted by Gasteiger charge is 2.09. The maximum atomic E-state index is 12.1. The standard InChI is InChI=1S/C18H15N5O2S/c24-17(8-9-23-12-19-11-20-23)22-18-21-15-7-6-14(10-16(15)26-18)25-13-4-2-1-3-5-13/h1-7,10-12H,8-9H2,(H,21,22,24). The van der Waals surface area contributed by atoms with E-state index in [1.54, 1.807) is 11.0 Å². The number of ether oxygens (including phenoxy) is 1. The van der Waals surface area contributed by atoms with Gasteiger partial charge in [0.15, 0.2) is 5.13 Å². The first kappa shape index (κ1) is 16.2. The molecule has 0 bridgehead atoms. The minimum absolute atomic E-state index is 0.111. The molecular formula is C18H15N5O2S. The van der Waals surface area contributed by atoms with Gasteiger partial charge in [0.05, 0.1) is 16.8 Å². The Morgan fingerprint density at radius 2 is 2.04 bits per heavy atom. The zero-order valence-electron chi connectivity index (χ0n) is 13.7. The van der Waals surface area contributed by atoms with Crippen molar-refractivity contribution in [1.29, 1.82) is 0 Å². The number of carbonyl (C=O) groups excluding carboxylic acids is 1. The fourth-order valence-electron chi connectivity index (χ4n) is 2.39. The van der Waals surface area contributed by atoms with Gasteiger partial charge in [0.2, 0.25) is 5.91 Å². The van der Waals surface area contributed by atoms with Gasteiger partial charge in [-0.15, -0.1) is 0 Å². The van der Waals surface area contributed by atoms with Crippen molar-refractivity contribution in [2.75, 3.05) is 5.32 Å². The van der Waals surface area contributed by atoms with Crippen molar-refractivity contribution in [3.63, 3.8) is 0 Å². The highest BCUT2D eigenvalue weighted by atomic mass is 32.1. The van der Waals surface area contributed by atoms with Crippen LogP contribution in [0.4, 0.5) is 5.13 Å². The Balaban J connectivity index is 1.42. The summed E-state index contributed by atoms with van der Waals surface area (Å²) in [7, 11) is 0. The molecule has 2 aromatic heterocycles. The zero-order chi connectivity index (χ0) is 17.8. The number of thiazole rings is 1. The number of aromatic nitrogens is 4. The molecule has 0 unspecified atom stereocenters. The van der Waals surface area contributed by atoms with Gasteiger partial charge in [0, 0.05) is 12.5 Å². The molecule has 7 nitrogen and oxygen atoms in total. The van der Waals surface area contributed by atoms with E-state index < -0.39 is 0 Å². The Morgan fingerprint density at radius 1 is 1.15 bits per heavy atom. The lowest BCUT2D eigenvalue weighted by molar-refractivity contribution is -0.116. The number of para-hydroxylation sites is 1. The van der Waals surface area contributed by atoms with Crippen LogP contribution in [0, 0.1) is 0 Å². The third-order valence-electron chi connectivity index (χ3n) is 3.62. The average molecular weight is 365 g/mol. The monoisotopic (exact) mass is 365 g/mol. The Morgan fingerprint density at radius 3 is 2.85 bits per heavy atom. The number of carbonyl (C=O) groups is 1. The first-order valence-electron chi connectivity index (χ1n) is 8.02. The molecule has 1 amide bonds. The number of amides is 1. The molecule has 2 heterocycles. The number of fused-ring (bicyclic) bond motifs is 1. The summed E-state index contributed by atoms with van der Waals surface area (Å²) in [6, 6.07) is 15.3. The smallest absolute Gasteiger partial charge is 0.228 e. The van der Waals surface area contributed by atoms with E-state index >= 15 is 0 Å². The largest absolute Gasteiger partial charge is 0.457 e. The highest BCUT2D eigenvalue weighted by molar-refractivity contribution is 7.22. The van der Waals surface area contributed by atoms with E-state index in [1.165, 1.54) is 17.7 Å². The zero-order valence-corrected chi connectivity index (χ0v) is 14.5. The second-order valence-corrected chi connectivity index (χ2v) is 6.55. The summed E-state index contributed by atoms with van der Waals surface area (Å²) >= 11 is 1.42. The highest BCUT2D eigenvalue weighted by Crippen LogP contribution is 2.31. The number of hydrogen-bond acceptors (Lipinski definition) is 6. The van der Waals surface area contributed by atoms with Gasteiger partial charge in [0.25, 0.3) is 0 Å². The summed E-state index contributed by atoms with van der Waals surface area (Å²) in [5, 5.41) is 7.37. The molecule has 0 saturated carbocycles. The van der Waals surface area contributed by atoms with Crippen LogP contribution >= 0.6 is 11.3 Å². The lowest BCUT2D eigenvalue weighted by Gasteiger charge is -2.04. The third-order valence-corrected chi connectivity index (χ3v) is 4.55. The molecule has 0 aliphatic carbocycles. The molecule has 0 aliphatic rings. The van der Waals surface area contributed by atoms with Crippen molar-refractivity contribution in [2.24, 2.45) is 0 Å². The first-order valence-corrected chi connectivity index (χ1v) is 8.84. The molecule has 8 heteroatoms. The number of nitrogens with zero attached hydrogens (tertiary/aromatic N) is 4. The van der Waals surface area contributed by atoms with E-state index in [0.29, 0.717) is 18.1 Å². The van der Waals surface area contributed by atoms with Crippen molar-refractivity contribution >= 4 is 32.6 Å². The molecule has 0 spiro atoms. The van der Waals surface area contributed by atoms with Crippen LogP contribution in [0.15, 0.2) is 61.2 Å². The van der Waals surface area contributed by atoms with Gasteiger partial charge < -0.3 is 10.1 Å². The normalized spacial score (nSPS) is 10.8. The molecular weight excluding hydrogens is 350 g/mol. The van der Waals surface area contributed by atoms with E-state index in [0.717, 1.165) is 21.7 Å². The maximum Gasteiger partial charge on any atom is 0.228 e. The van der Waals surface area contributed by atoms with Crippen LogP contribution in [0.1, 0.15) is 6.42 Å². The summed E-state index contributed by atoms with van der Waals surface area (Å²) in [5.74, 6) is 1.40. The minimum Gasteiger partial charge on any atom is -0.457 e. The van der Waals surface area contributed by atoms with Crippen molar-refractivity contribution in [1.82, 2.24) is 19.7 Å². The predicted octanol–water partition coefficient (Wildman–Crippen LogP) is 3.71. The van der Waals surface area contributed by atoms with E-state index in [2.05, 4.69) is 20.4 Å². The van der Waals surface area contributed by atoms with Crippen LogP contribution in [0.5, 0.6) is 11.5 Å². The van der Waals surface area contributed by atoms with Crippen LogP contribution in [0.25, 0.3) is 10.2 Å². The predicted molar refractivity (Wildman–Crippen MR) is 99.4 cm³/mol. The van der Waals surface area contributed by atoms with Crippen molar-refractivity contribution < 1.29 is 9.53 Å². The number of nitrogens with one attached hydrogen (secondary N) is 1. The number of aryl methyl sites for hydroxylation is 1. The van der Waals surface area contributed by atoms with E-state index in [1.807, 2.05) is 48.5 Å². The quantitative estimate of drug-likeness (QED) is 0.563. The Kier molecular flexibility index (Phi) is 4.57. The van der Waals surface area contributed by atoms with Gasteiger partial charge in [-0.25, -0.2) is 9.97 Å². The van der Waals surface area contributed by atoms with Crippen LogP contribution in [0.2, 0.25) is 0 Å². The van der Waals surface area contributed by atoms with Gasteiger partial charge >= 0.3 is 0 Å². The van der Waals surface area contributed by atoms with Gasteiger partial charge in [0.1, 0.15) is 24.2 Å². The van der Waals surface area contributed by atoms with Gasteiger partial charge in [-0.2, -0.15) is 5.10 Å². The molecule has 2 aromatic carbocycles. The Hall–Kier alpha value is -3.26. The second kappa shape index (κ2) is 7.32. The molecule has 0 atom stereocenters. The number of benzene rings is 2. The van der Waals surface area contributed by atoms with E-state index in [9.17, 15) is 4.79 Å². The summed E-state index contributed by atoms with van der Waals surface area (Å²) in [6.07, 6.45) is 3.33. The Bertz CT molecular complexity index is 1010. The van der Waals surface area contributed by atoms with Crippen molar-refractivity contribution in [3.05, 3.63) is 61.2 Å². The number of hydrogen-bond donors (Lipinski definition) is 1. The molecule has 26 heavy (non-hydrogen) atoms. The van der Waals surface area contributed by atoms with Crippen LogP contribution in [-0.2, 0) is 11.3 Å². The number of anilines is 1. The summed E-state index contributed by atoms with van der Waals surface area (Å²) < 4.78 is 8.40. The minimum atomic E-state index is -0.111. The fourth-order valence-corrected chi connectivity index (χ4v) is 3.30. The molecule has 1 N–H and O–H groups in total. The van der Waals surface area contributed by atoms with Crippen LogP contribution in [-0.4, -0.2) is 25.7 Å². The van der Waals surface area contributed by atoms with Crippen molar-refractivity contribution in [3.8, 4) is 11.5 Å². The van der Waals surface area contributed by atoms with E-state index in [4.69, 9.17) is 4.74 Å². The summed E-state index contributed by atoms with van der Waals surface area (Å²) in [4.78, 5) is 20.4. The molecule has 0 radical (unpaired) electrons. The number of rotatable bonds is 6. The van der Waals surface area contributed by atoms with Crippen LogP contribution < -0.4 is 10.1 Å². The third kappa shape index (κ3) is 3.86. The van der Waals surface area contributed by atoms with E-state index in [-0.39, 0.29) is 5.91 Å². The summed E-state index contributed by atoms with van der Waals surface area (Å²) in [5.41, 5.74) is 0.821. The summed E-state index contributed by atoms with van der Waals surface area (Å²) in [6.45, 7) is 0.478. The maximum absolute atomic E-state index is 12.1. The molecule has 0 saturated heterocycles. The molecule has 0 fully saturated rings. The lowest BCUT2D eigenvalue weighted by Crippen LogP contribution is -2.14. The van der Waals surface area contributed by atoms with Crippen LogP contribution in [0.3, 0.4) is 0 Å². The van der Waals surface area contributed by atoms with Gasteiger partial charge in [-0.3, -0.25) is 9.48 Å². The molecule has 0 aliphatic heterocycles. The Labute approximate surface area is 153 Å². The van der Waals surface area contributed by atoms with Crippen molar-refractivity contribution in [2.45, 2.75) is 13.0 Å². The SMILES string of the molecule is O=C(CCn1cncn1)Nc1nc2ccc(Oc3ccccc3)cc2s1. The van der Waals surface area contributed by atoms with Gasteiger partial charge in [-0.1, -0.05) is 29.5 Å². The average Bonchev–Trinajstić information content (AvgIpc) is 3.29. The lowest BCUT2D eigenvalue weighted by atomic mass is 10.3.